The summed E-state index contributed by atoms with van der Waals surface area (Å²) in [7, 11) is 1.78. The van der Waals surface area contributed by atoms with Gasteiger partial charge in [0, 0.05) is 25.5 Å². The lowest BCUT2D eigenvalue weighted by Gasteiger charge is -2.25. The Bertz CT molecular complexity index is 857. The number of aromatic nitrogens is 3. The second-order valence-corrected chi connectivity index (χ2v) is 6.35. The Morgan fingerprint density at radius 1 is 1.19 bits per heavy atom. The van der Waals surface area contributed by atoms with Crippen LogP contribution in [0.5, 0.6) is 0 Å². The number of rotatable bonds is 5. The molecule has 6 heteroatoms. The molecule has 0 bridgehead atoms. The number of carbonyl (C=O) groups is 1. The molecular formula is C20H23N5O. The minimum Gasteiger partial charge on any atom is -0.321 e. The molecule has 0 fully saturated rings. The largest absolute Gasteiger partial charge is 0.323 e. The van der Waals surface area contributed by atoms with E-state index in [2.05, 4.69) is 27.5 Å². The van der Waals surface area contributed by atoms with Crippen molar-refractivity contribution in [1.29, 1.82) is 0 Å². The Labute approximate surface area is 153 Å². The highest BCUT2D eigenvalue weighted by molar-refractivity contribution is 5.88. The van der Waals surface area contributed by atoms with E-state index in [1.54, 1.807) is 28.9 Å². The molecule has 3 rings (SSSR count). The minimum atomic E-state index is -0.193. The number of amides is 2. The Kier molecular flexibility index (Phi) is 5.31. The zero-order chi connectivity index (χ0) is 18.5. The van der Waals surface area contributed by atoms with Gasteiger partial charge in [-0.3, -0.25) is 15.0 Å². The topological polar surface area (TPSA) is 63.1 Å². The first-order valence-corrected chi connectivity index (χ1v) is 8.56. The molecule has 0 aliphatic heterocycles. The van der Waals surface area contributed by atoms with Crippen LogP contribution in [0, 0.1) is 6.92 Å². The molecule has 26 heavy (non-hydrogen) atoms. The third-order valence-corrected chi connectivity index (χ3v) is 4.39. The maximum atomic E-state index is 12.5. The van der Waals surface area contributed by atoms with E-state index in [9.17, 15) is 4.79 Å². The van der Waals surface area contributed by atoms with Gasteiger partial charge < -0.3 is 4.90 Å². The number of benzene rings is 1. The average Bonchev–Trinajstić information content (AvgIpc) is 3.08. The molecule has 0 aliphatic carbocycles. The van der Waals surface area contributed by atoms with Gasteiger partial charge in [-0.2, -0.15) is 5.10 Å². The molecule has 0 spiro atoms. The van der Waals surface area contributed by atoms with Gasteiger partial charge in [-0.25, -0.2) is 4.79 Å². The molecule has 2 heterocycles. The van der Waals surface area contributed by atoms with Crippen molar-refractivity contribution in [3.63, 3.8) is 0 Å². The molecule has 3 aromatic rings. The number of hydrogen-bond acceptors (Lipinski definition) is 3. The lowest BCUT2D eigenvalue weighted by atomic mass is 10.1. The fourth-order valence-electron chi connectivity index (χ4n) is 2.62. The number of carbonyl (C=O) groups excluding carboxylic acids is 1. The predicted octanol–water partition coefficient (Wildman–Crippen LogP) is 3.86. The number of urea groups is 1. The van der Waals surface area contributed by atoms with E-state index in [0.717, 1.165) is 11.3 Å². The number of nitrogens with zero attached hydrogens (tertiary/aromatic N) is 4. The summed E-state index contributed by atoms with van der Waals surface area (Å²) in [5.74, 6) is 0.522. The molecule has 2 amide bonds. The van der Waals surface area contributed by atoms with E-state index in [-0.39, 0.29) is 12.1 Å². The van der Waals surface area contributed by atoms with Crippen molar-refractivity contribution in [2.75, 3.05) is 12.4 Å². The standard InChI is InChI=1S/C20H23N5O/c1-15-7-9-17(10-8-15)16(2)24(3)20(26)22-19-11-13-25(23-19)14-18-6-4-5-12-21-18/h4-13,16H,14H2,1-3H3,(H,22,23,26)/t16-/m1/s1. The van der Waals surface area contributed by atoms with Gasteiger partial charge in [-0.15, -0.1) is 0 Å². The van der Waals surface area contributed by atoms with Gasteiger partial charge in [0.1, 0.15) is 0 Å². The Morgan fingerprint density at radius 3 is 2.65 bits per heavy atom. The Hall–Kier alpha value is -3.15. The van der Waals surface area contributed by atoms with Crippen molar-refractivity contribution in [2.24, 2.45) is 0 Å². The molecular weight excluding hydrogens is 326 g/mol. The van der Waals surface area contributed by atoms with Crippen LogP contribution < -0.4 is 5.32 Å². The van der Waals surface area contributed by atoms with Gasteiger partial charge in [0.15, 0.2) is 5.82 Å². The van der Waals surface area contributed by atoms with Crippen LogP contribution in [0.2, 0.25) is 0 Å². The Morgan fingerprint density at radius 2 is 1.96 bits per heavy atom. The minimum absolute atomic E-state index is 0.0359. The number of hydrogen-bond donors (Lipinski definition) is 1. The van der Waals surface area contributed by atoms with Gasteiger partial charge in [-0.1, -0.05) is 35.9 Å². The molecule has 0 saturated carbocycles. The van der Waals surface area contributed by atoms with E-state index < -0.39 is 0 Å². The fraction of sp³-hybridized carbons (Fsp3) is 0.250. The number of aryl methyl sites for hydroxylation is 1. The molecule has 0 unspecified atom stereocenters. The van der Waals surface area contributed by atoms with Gasteiger partial charge in [0.25, 0.3) is 0 Å². The zero-order valence-corrected chi connectivity index (χ0v) is 15.3. The third-order valence-electron chi connectivity index (χ3n) is 4.39. The molecule has 6 nitrogen and oxygen atoms in total. The summed E-state index contributed by atoms with van der Waals surface area (Å²) in [5, 5.41) is 7.23. The summed E-state index contributed by atoms with van der Waals surface area (Å²) in [6.07, 6.45) is 3.58. The van der Waals surface area contributed by atoms with Crippen molar-refractivity contribution >= 4 is 11.8 Å². The monoisotopic (exact) mass is 349 g/mol. The SMILES string of the molecule is Cc1ccc([C@@H](C)N(C)C(=O)Nc2ccn(Cc3ccccn3)n2)cc1. The van der Waals surface area contributed by atoms with Gasteiger partial charge >= 0.3 is 6.03 Å². The third kappa shape index (κ3) is 4.27. The molecule has 1 N–H and O–H groups in total. The summed E-state index contributed by atoms with van der Waals surface area (Å²) >= 11 is 0. The summed E-state index contributed by atoms with van der Waals surface area (Å²) in [6, 6.07) is 15.5. The molecule has 2 aromatic heterocycles. The molecule has 0 aliphatic rings. The second kappa shape index (κ2) is 7.82. The van der Waals surface area contributed by atoms with Gasteiger partial charge in [0.05, 0.1) is 18.3 Å². The maximum absolute atomic E-state index is 12.5. The summed E-state index contributed by atoms with van der Waals surface area (Å²) in [4.78, 5) is 18.5. The first kappa shape index (κ1) is 17.7. The van der Waals surface area contributed by atoms with Crippen LogP contribution in [-0.2, 0) is 6.54 Å². The number of nitrogens with one attached hydrogen (secondary N) is 1. The van der Waals surface area contributed by atoms with Crippen molar-refractivity contribution in [1.82, 2.24) is 19.7 Å². The predicted molar refractivity (Wildman–Crippen MR) is 102 cm³/mol. The lowest BCUT2D eigenvalue weighted by molar-refractivity contribution is 0.208. The van der Waals surface area contributed by atoms with E-state index in [1.807, 2.05) is 50.4 Å². The lowest BCUT2D eigenvalue weighted by Crippen LogP contribution is -2.33. The smallest absolute Gasteiger partial charge is 0.321 e. The van der Waals surface area contributed by atoms with Crippen LogP contribution in [0.25, 0.3) is 0 Å². The average molecular weight is 349 g/mol. The van der Waals surface area contributed by atoms with Crippen molar-refractivity contribution < 1.29 is 4.79 Å². The highest BCUT2D eigenvalue weighted by Gasteiger charge is 2.18. The van der Waals surface area contributed by atoms with Crippen LogP contribution in [-0.4, -0.2) is 32.7 Å². The van der Waals surface area contributed by atoms with Gasteiger partial charge in [0.2, 0.25) is 0 Å². The van der Waals surface area contributed by atoms with Crippen molar-refractivity contribution in [3.05, 3.63) is 77.7 Å². The second-order valence-electron chi connectivity index (χ2n) is 6.35. The van der Waals surface area contributed by atoms with Crippen LogP contribution >= 0.6 is 0 Å². The molecule has 134 valence electrons. The van der Waals surface area contributed by atoms with Crippen LogP contribution in [0.15, 0.2) is 60.9 Å². The molecule has 1 atom stereocenters. The summed E-state index contributed by atoms with van der Waals surface area (Å²) < 4.78 is 1.75. The first-order valence-electron chi connectivity index (χ1n) is 8.56. The van der Waals surface area contributed by atoms with Gasteiger partial charge in [-0.05, 0) is 31.5 Å². The summed E-state index contributed by atoms with van der Waals surface area (Å²) in [6.45, 7) is 4.61. The quantitative estimate of drug-likeness (QED) is 0.761. The molecule has 0 radical (unpaired) electrons. The van der Waals surface area contributed by atoms with E-state index in [0.29, 0.717) is 12.4 Å². The van der Waals surface area contributed by atoms with E-state index in [1.165, 1.54) is 5.56 Å². The highest BCUT2D eigenvalue weighted by atomic mass is 16.2. The van der Waals surface area contributed by atoms with Crippen LogP contribution in [0.4, 0.5) is 10.6 Å². The molecule has 0 saturated heterocycles. The van der Waals surface area contributed by atoms with Crippen LogP contribution in [0.1, 0.15) is 29.8 Å². The number of pyridine rings is 1. The van der Waals surface area contributed by atoms with E-state index in [4.69, 9.17) is 0 Å². The first-order chi connectivity index (χ1) is 12.5. The maximum Gasteiger partial charge on any atom is 0.323 e. The van der Waals surface area contributed by atoms with Crippen molar-refractivity contribution in [3.8, 4) is 0 Å². The Balaban J connectivity index is 1.61. The van der Waals surface area contributed by atoms with Crippen molar-refractivity contribution in [2.45, 2.75) is 26.4 Å². The fourth-order valence-corrected chi connectivity index (χ4v) is 2.62. The van der Waals surface area contributed by atoms with Crippen LogP contribution in [0.3, 0.4) is 0 Å². The normalized spacial score (nSPS) is 11.8. The summed E-state index contributed by atoms with van der Waals surface area (Å²) in [5.41, 5.74) is 3.21. The highest BCUT2D eigenvalue weighted by Crippen LogP contribution is 2.20. The zero-order valence-electron chi connectivity index (χ0n) is 15.3. The molecule has 1 aromatic carbocycles. The number of anilines is 1. The van der Waals surface area contributed by atoms with E-state index >= 15 is 0 Å².